The molecule has 0 radical (unpaired) electrons. The lowest BCUT2D eigenvalue weighted by Gasteiger charge is -2.12. The summed E-state index contributed by atoms with van der Waals surface area (Å²) in [6, 6.07) is 5.74. The Hall–Kier alpha value is -1.07. The van der Waals surface area contributed by atoms with E-state index in [4.69, 9.17) is 5.73 Å². The van der Waals surface area contributed by atoms with E-state index in [0.29, 0.717) is 0 Å². The Morgan fingerprint density at radius 2 is 2.00 bits per heavy atom. The van der Waals surface area contributed by atoms with Crippen molar-refractivity contribution in [1.82, 2.24) is 0 Å². The molecule has 1 atom stereocenters. The molecule has 3 N–H and O–H groups in total. The fraction of sp³-hybridized carbons (Fsp3) is 0.500. The van der Waals surface area contributed by atoms with Crippen LogP contribution in [0.1, 0.15) is 36.4 Å². The molecule has 2 aliphatic carbocycles. The van der Waals surface area contributed by atoms with Gasteiger partial charge in [0.2, 0.25) is 10.0 Å². The van der Waals surface area contributed by atoms with Gasteiger partial charge in [-0.15, -0.1) is 0 Å². The highest BCUT2D eigenvalue weighted by atomic mass is 32.2. The van der Waals surface area contributed by atoms with E-state index in [2.05, 4.69) is 4.72 Å². The summed E-state index contributed by atoms with van der Waals surface area (Å²) in [7, 11) is -3.17. The van der Waals surface area contributed by atoms with Crippen LogP contribution in [-0.2, 0) is 16.4 Å². The van der Waals surface area contributed by atoms with E-state index in [1.807, 2.05) is 18.2 Å². The maximum atomic E-state index is 11.9. The third kappa shape index (κ3) is 1.93. The minimum atomic E-state index is -3.17. The Bertz CT molecular complexity index is 550. The second kappa shape index (κ2) is 3.71. The summed E-state index contributed by atoms with van der Waals surface area (Å²) in [4.78, 5) is 0. The highest BCUT2D eigenvalue weighted by molar-refractivity contribution is 7.93. The summed E-state index contributed by atoms with van der Waals surface area (Å²) < 4.78 is 26.5. The van der Waals surface area contributed by atoms with E-state index >= 15 is 0 Å². The van der Waals surface area contributed by atoms with Gasteiger partial charge in [-0.3, -0.25) is 4.72 Å². The quantitative estimate of drug-likeness (QED) is 0.857. The predicted octanol–water partition coefficient (Wildman–Crippen LogP) is 1.54. The van der Waals surface area contributed by atoms with Crippen molar-refractivity contribution in [3.8, 4) is 0 Å². The van der Waals surface area contributed by atoms with Crippen molar-refractivity contribution in [3.05, 3.63) is 29.3 Å². The van der Waals surface area contributed by atoms with Gasteiger partial charge in [-0.25, -0.2) is 8.42 Å². The zero-order chi connectivity index (χ0) is 12.0. The number of benzene rings is 1. The van der Waals surface area contributed by atoms with Gasteiger partial charge in [0, 0.05) is 6.04 Å². The summed E-state index contributed by atoms with van der Waals surface area (Å²) in [6.45, 7) is 0. The number of hydrogen-bond donors (Lipinski definition) is 2. The number of nitrogens with one attached hydrogen (secondary N) is 1. The van der Waals surface area contributed by atoms with Crippen molar-refractivity contribution < 1.29 is 8.42 Å². The Morgan fingerprint density at radius 3 is 2.71 bits per heavy atom. The number of hydrogen-bond acceptors (Lipinski definition) is 3. The molecule has 5 heteroatoms. The monoisotopic (exact) mass is 252 g/mol. The van der Waals surface area contributed by atoms with Crippen LogP contribution in [0, 0.1) is 0 Å². The number of rotatable bonds is 3. The van der Waals surface area contributed by atoms with Crippen LogP contribution in [0.5, 0.6) is 0 Å². The van der Waals surface area contributed by atoms with Gasteiger partial charge in [-0.05, 0) is 42.9 Å². The second-order valence-corrected chi connectivity index (χ2v) is 6.83. The van der Waals surface area contributed by atoms with Crippen LogP contribution in [0.25, 0.3) is 0 Å². The van der Waals surface area contributed by atoms with Crippen LogP contribution in [0.4, 0.5) is 5.69 Å². The topological polar surface area (TPSA) is 72.2 Å². The molecule has 0 unspecified atom stereocenters. The van der Waals surface area contributed by atoms with Crippen LogP contribution in [-0.4, -0.2) is 13.7 Å². The van der Waals surface area contributed by atoms with E-state index in [-0.39, 0.29) is 11.3 Å². The molecule has 1 fully saturated rings. The average Bonchev–Trinajstić information content (AvgIpc) is 3.06. The fourth-order valence-corrected chi connectivity index (χ4v) is 3.82. The van der Waals surface area contributed by atoms with Crippen LogP contribution in [0.3, 0.4) is 0 Å². The van der Waals surface area contributed by atoms with E-state index in [9.17, 15) is 8.42 Å². The van der Waals surface area contributed by atoms with Crippen LogP contribution < -0.4 is 10.5 Å². The molecule has 2 aliphatic rings. The van der Waals surface area contributed by atoms with Crippen molar-refractivity contribution in [2.24, 2.45) is 5.73 Å². The first-order valence-corrected chi connectivity index (χ1v) is 7.51. The number of anilines is 1. The lowest BCUT2D eigenvalue weighted by Crippen LogP contribution is -2.18. The van der Waals surface area contributed by atoms with Gasteiger partial charge in [0.1, 0.15) is 0 Å². The van der Waals surface area contributed by atoms with E-state index < -0.39 is 10.0 Å². The van der Waals surface area contributed by atoms with Crippen LogP contribution in [0.15, 0.2) is 18.2 Å². The molecule has 0 saturated heterocycles. The van der Waals surface area contributed by atoms with Gasteiger partial charge in [-0.2, -0.15) is 0 Å². The van der Waals surface area contributed by atoms with Crippen molar-refractivity contribution in [2.75, 3.05) is 4.72 Å². The van der Waals surface area contributed by atoms with Crippen LogP contribution >= 0.6 is 0 Å². The third-order valence-corrected chi connectivity index (χ3v) is 5.39. The number of sulfonamides is 1. The molecule has 4 nitrogen and oxygen atoms in total. The molecule has 1 saturated carbocycles. The van der Waals surface area contributed by atoms with Gasteiger partial charge in [-0.1, -0.05) is 12.1 Å². The maximum Gasteiger partial charge on any atom is 0.235 e. The van der Waals surface area contributed by atoms with E-state index in [1.165, 1.54) is 0 Å². The van der Waals surface area contributed by atoms with Crippen molar-refractivity contribution >= 4 is 15.7 Å². The molecule has 17 heavy (non-hydrogen) atoms. The van der Waals surface area contributed by atoms with Crippen LogP contribution in [0.2, 0.25) is 0 Å². The zero-order valence-corrected chi connectivity index (χ0v) is 10.3. The Balaban J connectivity index is 1.94. The molecule has 0 bridgehead atoms. The summed E-state index contributed by atoms with van der Waals surface area (Å²) >= 11 is 0. The SMILES string of the molecule is N[C@@H]1CCc2c(NS(=O)(=O)C3CC3)cccc21. The van der Waals surface area contributed by atoms with Gasteiger partial charge >= 0.3 is 0 Å². The molecule has 0 aromatic heterocycles. The summed E-state index contributed by atoms with van der Waals surface area (Å²) in [5.74, 6) is 0. The first kappa shape index (κ1) is 11.0. The Kier molecular flexibility index (Phi) is 2.41. The van der Waals surface area contributed by atoms with Crippen molar-refractivity contribution in [1.29, 1.82) is 0 Å². The smallest absolute Gasteiger partial charge is 0.235 e. The fourth-order valence-electron chi connectivity index (χ4n) is 2.40. The molecule has 0 aliphatic heterocycles. The van der Waals surface area contributed by atoms with E-state index in [0.717, 1.165) is 42.5 Å². The second-order valence-electron chi connectivity index (χ2n) is 4.86. The Morgan fingerprint density at radius 1 is 1.24 bits per heavy atom. The first-order chi connectivity index (χ1) is 8.08. The molecule has 3 rings (SSSR count). The summed E-state index contributed by atoms with van der Waals surface area (Å²) in [6.07, 6.45) is 3.32. The first-order valence-electron chi connectivity index (χ1n) is 5.97. The molecule has 0 heterocycles. The summed E-state index contributed by atoms with van der Waals surface area (Å²) in [5, 5.41) is -0.187. The molecular weight excluding hydrogens is 236 g/mol. The minimum Gasteiger partial charge on any atom is -0.324 e. The number of fused-ring (bicyclic) bond motifs is 1. The minimum absolute atomic E-state index is 0.0513. The van der Waals surface area contributed by atoms with Gasteiger partial charge < -0.3 is 5.73 Å². The molecule has 92 valence electrons. The summed E-state index contributed by atoms with van der Waals surface area (Å²) in [5.41, 5.74) is 8.86. The van der Waals surface area contributed by atoms with Crippen molar-refractivity contribution in [2.45, 2.75) is 37.0 Å². The lowest BCUT2D eigenvalue weighted by molar-refractivity contribution is 0.600. The van der Waals surface area contributed by atoms with Gasteiger partial charge in [0.05, 0.1) is 10.9 Å². The molecule has 0 amide bonds. The number of nitrogens with two attached hydrogens (primary N) is 1. The normalized spacial score (nSPS) is 23.5. The van der Waals surface area contributed by atoms with Crippen molar-refractivity contribution in [3.63, 3.8) is 0 Å². The molecule has 1 aromatic carbocycles. The molecule has 0 spiro atoms. The molecular formula is C12H16N2O2S. The highest BCUT2D eigenvalue weighted by Gasteiger charge is 2.36. The van der Waals surface area contributed by atoms with E-state index in [1.54, 1.807) is 0 Å². The standard InChI is InChI=1S/C12H16N2O2S/c13-11-7-6-10-9(11)2-1-3-12(10)14-17(15,16)8-4-5-8/h1-3,8,11,14H,4-7,13H2/t11-/m1/s1. The average molecular weight is 252 g/mol. The Labute approximate surface area is 101 Å². The van der Waals surface area contributed by atoms with Gasteiger partial charge in [0.25, 0.3) is 0 Å². The predicted molar refractivity (Wildman–Crippen MR) is 67.3 cm³/mol. The van der Waals surface area contributed by atoms with Gasteiger partial charge in [0.15, 0.2) is 0 Å². The largest absolute Gasteiger partial charge is 0.324 e. The maximum absolute atomic E-state index is 11.9. The third-order valence-electron chi connectivity index (χ3n) is 3.53. The lowest BCUT2D eigenvalue weighted by atomic mass is 10.1. The highest BCUT2D eigenvalue weighted by Crippen LogP contribution is 2.36. The molecule has 1 aromatic rings. The zero-order valence-electron chi connectivity index (χ0n) is 9.52.